The summed E-state index contributed by atoms with van der Waals surface area (Å²) in [6, 6.07) is 9.82. The van der Waals surface area contributed by atoms with Crippen LogP contribution in [0.1, 0.15) is 31.2 Å². The Morgan fingerprint density at radius 1 is 1.07 bits per heavy atom. The van der Waals surface area contributed by atoms with E-state index in [2.05, 4.69) is 15.9 Å². The molecule has 2 aromatic rings. The number of carbonyl (C=O) groups excluding carboxylic acids is 4. The van der Waals surface area contributed by atoms with Crippen LogP contribution in [0.5, 0.6) is 11.5 Å². The van der Waals surface area contributed by atoms with Gasteiger partial charge in [-0.1, -0.05) is 39.7 Å². The number of benzene rings is 2. The maximum absolute atomic E-state index is 14.0. The van der Waals surface area contributed by atoms with Gasteiger partial charge in [0.15, 0.2) is 21.2 Å². The zero-order chi connectivity index (χ0) is 31.0. The van der Waals surface area contributed by atoms with Gasteiger partial charge >= 0.3 is 0 Å². The summed E-state index contributed by atoms with van der Waals surface area (Å²) in [6.45, 7) is 1.98. The lowest BCUT2D eigenvalue weighted by Gasteiger charge is -2.50. The van der Waals surface area contributed by atoms with Crippen LogP contribution in [0.15, 0.2) is 54.1 Å². The molecule has 4 aliphatic rings. The van der Waals surface area contributed by atoms with Gasteiger partial charge < -0.3 is 9.84 Å². The lowest BCUT2D eigenvalue weighted by Crippen LogP contribution is -2.60. The number of halogens is 3. The van der Waals surface area contributed by atoms with Crippen molar-refractivity contribution < 1.29 is 33.9 Å². The fourth-order valence-electron chi connectivity index (χ4n) is 7.12. The second kappa shape index (κ2) is 10.3. The van der Waals surface area contributed by atoms with Crippen molar-refractivity contribution in [1.82, 2.24) is 4.90 Å². The number of phenolic OH excluding ortho intramolecular Hbond substituents is 1. The molecule has 0 radical (unpaired) electrons. The quantitative estimate of drug-likeness (QED) is 0.115. The number of ether oxygens (including phenoxy) is 1. The van der Waals surface area contributed by atoms with Crippen LogP contribution < -0.4 is 9.64 Å². The van der Waals surface area contributed by atoms with Gasteiger partial charge in [0.2, 0.25) is 11.8 Å². The van der Waals surface area contributed by atoms with Crippen LogP contribution in [-0.4, -0.2) is 60.4 Å². The normalized spacial score (nSPS) is 31.5. The minimum Gasteiger partial charge on any atom is -0.504 e. The van der Waals surface area contributed by atoms with Crippen molar-refractivity contribution in [2.45, 2.75) is 35.4 Å². The molecule has 1 N–H and O–H groups in total. The third-order valence-electron chi connectivity index (χ3n) is 8.97. The summed E-state index contributed by atoms with van der Waals surface area (Å²) >= 11 is 17.6. The van der Waals surface area contributed by atoms with E-state index in [0.717, 1.165) is 9.80 Å². The smallest absolute Gasteiger partial charge is 0.269 e. The van der Waals surface area contributed by atoms with E-state index in [4.69, 9.17) is 27.9 Å². The van der Waals surface area contributed by atoms with E-state index in [1.807, 2.05) is 0 Å². The summed E-state index contributed by atoms with van der Waals surface area (Å²) in [5, 5.41) is 22.5. The number of phenols is 1. The third kappa shape index (κ3) is 3.92. The molecule has 2 aliphatic heterocycles. The fourth-order valence-corrected chi connectivity index (χ4v) is 8.54. The molecule has 0 unspecified atom stereocenters. The molecule has 2 saturated heterocycles. The molecule has 1 saturated carbocycles. The summed E-state index contributed by atoms with van der Waals surface area (Å²) in [5.74, 6) is -6.39. The minimum absolute atomic E-state index is 0.125. The number of carbonyl (C=O) groups is 4. The number of alkyl halides is 3. The van der Waals surface area contributed by atoms with E-state index in [9.17, 15) is 34.4 Å². The molecular formula is C29H24BrCl2N3O8. The summed E-state index contributed by atoms with van der Waals surface area (Å²) in [5.41, 5.74) is 0.516. The number of nitrogens with zero attached hydrogens (tertiary/aromatic N) is 3. The highest BCUT2D eigenvalue weighted by atomic mass is 79.9. The third-order valence-corrected chi connectivity index (χ3v) is 10.9. The maximum atomic E-state index is 14.0. The molecule has 43 heavy (non-hydrogen) atoms. The van der Waals surface area contributed by atoms with Crippen LogP contribution >= 0.6 is 39.1 Å². The van der Waals surface area contributed by atoms with Crippen LogP contribution in [0.25, 0.3) is 0 Å². The first kappa shape index (κ1) is 29.6. The van der Waals surface area contributed by atoms with Crippen molar-refractivity contribution in [3.05, 3.63) is 69.8 Å². The molecule has 6 atom stereocenters. The lowest BCUT2D eigenvalue weighted by atomic mass is 9.56. The molecule has 14 heteroatoms. The number of rotatable bonds is 6. The van der Waals surface area contributed by atoms with Crippen LogP contribution in [0, 0.1) is 27.9 Å². The van der Waals surface area contributed by atoms with Crippen molar-refractivity contribution in [3.63, 3.8) is 0 Å². The zero-order valence-electron chi connectivity index (χ0n) is 22.5. The van der Waals surface area contributed by atoms with Gasteiger partial charge in [-0.2, -0.15) is 0 Å². The second-order valence-corrected chi connectivity index (χ2v) is 12.6. The van der Waals surface area contributed by atoms with Gasteiger partial charge in [0.1, 0.15) is 0 Å². The first-order valence-corrected chi connectivity index (χ1v) is 15.4. The molecule has 11 nitrogen and oxygen atoms in total. The summed E-state index contributed by atoms with van der Waals surface area (Å²) in [7, 11) is 0. The van der Waals surface area contributed by atoms with Gasteiger partial charge in [-0.05, 0) is 43.9 Å². The van der Waals surface area contributed by atoms with Crippen LogP contribution in [-0.2, 0) is 19.2 Å². The number of non-ortho nitro benzene ring substituents is 1. The van der Waals surface area contributed by atoms with Crippen LogP contribution in [0.4, 0.5) is 11.4 Å². The van der Waals surface area contributed by atoms with Crippen LogP contribution in [0.2, 0.25) is 0 Å². The summed E-state index contributed by atoms with van der Waals surface area (Å²) in [4.78, 5) is 63.7. The van der Waals surface area contributed by atoms with Crippen molar-refractivity contribution in [2.24, 2.45) is 17.8 Å². The van der Waals surface area contributed by atoms with Gasteiger partial charge in [0, 0.05) is 23.6 Å². The monoisotopic (exact) mass is 691 g/mol. The molecular weight excluding hydrogens is 669 g/mol. The van der Waals surface area contributed by atoms with E-state index in [0.29, 0.717) is 5.57 Å². The number of para-hydroxylation sites is 1. The molecule has 224 valence electrons. The molecule has 0 aromatic heterocycles. The van der Waals surface area contributed by atoms with Crippen molar-refractivity contribution in [3.8, 4) is 11.5 Å². The van der Waals surface area contributed by atoms with Crippen molar-refractivity contribution in [2.75, 3.05) is 17.0 Å². The predicted molar refractivity (Wildman–Crippen MR) is 158 cm³/mol. The second-order valence-electron chi connectivity index (χ2n) is 10.9. The average molecular weight is 693 g/mol. The fraction of sp³-hybridized carbons (Fsp3) is 0.379. The summed E-state index contributed by atoms with van der Waals surface area (Å²) in [6.07, 6.45) is 1.66. The van der Waals surface area contributed by atoms with Gasteiger partial charge in [-0.25, -0.2) is 0 Å². The highest BCUT2D eigenvalue weighted by Crippen LogP contribution is 2.66. The van der Waals surface area contributed by atoms with Crippen molar-refractivity contribution in [1.29, 1.82) is 0 Å². The molecule has 6 rings (SSSR count). The van der Waals surface area contributed by atoms with E-state index in [1.54, 1.807) is 31.2 Å². The Labute approximate surface area is 263 Å². The van der Waals surface area contributed by atoms with Crippen molar-refractivity contribution >= 4 is 74.1 Å². The predicted octanol–water partition coefficient (Wildman–Crippen LogP) is 4.61. The number of allylic oxidation sites excluding steroid dienone is 2. The Morgan fingerprint density at radius 2 is 1.77 bits per heavy atom. The number of fused-ring (bicyclic) bond motifs is 4. The molecule has 2 aromatic carbocycles. The number of likely N-dealkylation sites (tertiary alicyclic amines) is 1. The molecule has 3 fully saturated rings. The number of imide groups is 2. The first-order valence-electron chi connectivity index (χ1n) is 13.5. The van der Waals surface area contributed by atoms with E-state index in [-0.39, 0.29) is 53.3 Å². The SMILES string of the molecule is CCOc1cccc([C@H]2C3=CC[C@@H]4C(=O)N(c5ccc([N+](=O)[O-])cc5)C(=O)[C@@H]4[C@@H]3C[C@@]3(Cl)C(=O)N(CBr)C(=O)[C@@]23Cl)c1O. The molecule has 0 spiro atoms. The number of nitro benzene ring substituents is 1. The number of aromatic hydroxyl groups is 1. The van der Waals surface area contributed by atoms with Gasteiger partial charge in [-0.3, -0.25) is 39.1 Å². The van der Waals surface area contributed by atoms with Crippen LogP contribution in [0.3, 0.4) is 0 Å². The Morgan fingerprint density at radius 3 is 2.40 bits per heavy atom. The number of hydrogen-bond donors (Lipinski definition) is 1. The Hall–Kier alpha value is -3.48. The first-order chi connectivity index (χ1) is 20.4. The number of nitro groups is 1. The molecule has 0 bridgehead atoms. The number of amides is 4. The largest absolute Gasteiger partial charge is 0.504 e. The van der Waals surface area contributed by atoms with E-state index in [1.165, 1.54) is 24.3 Å². The lowest BCUT2D eigenvalue weighted by molar-refractivity contribution is -0.384. The Bertz CT molecular complexity index is 1630. The highest BCUT2D eigenvalue weighted by molar-refractivity contribution is 9.09. The Kier molecular flexibility index (Phi) is 7.09. The minimum atomic E-state index is -2.07. The molecule has 4 amide bonds. The van der Waals surface area contributed by atoms with Gasteiger partial charge in [-0.15, -0.1) is 23.2 Å². The average Bonchev–Trinajstić information content (AvgIpc) is 3.32. The topological polar surface area (TPSA) is 147 Å². The highest BCUT2D eigenvalue weighted by Gasteiger charge is 2.76. The zero-order valence-corrected chi connectivity index (χ0v) is 25.6. The standard InChI is InChI=1S/C29H24BrCl2N3O8/c1-2-43-20-5-3-4-18(23(20)36)22-16-10-11-17-21(19(16)12-28(31)26(39)33(13-30)27(40)29(22,28)32)25(38)34(24(17)37)14-6-8-15(9-7-14)35(41)42/h3-10,17,19,21-22,36H,2,11-13H2,1H3/t17-,19+,21-,22+,28+,29-/m0/s1. The van der Waals surface area contributed by atoms with E-state index < -0.39 is 62.0 Å². The van der Waals surface area contributed by atoms with E-state index >= 15 is 0 Å². The Balaban J connectivity index is 1.50. The molecule has 2 heterocycles. The van der Waals surface area contributed by atoms with Gasteiger partial charge in [0.05, 0.1) is 34.5 Å². The number of hydrogen-bond acceptors (Lipinski definition) is 8. The maximum Gasteiger partial charge on any atom is 0.269 e. The summed E-state index contributed by atoms with van der Waals surface area (Å²) < 4.78 is 5.59. The molecule has 2 aliphatic carbocycles. The van der Waals surface area contributed by atoms with Gasteiger partial charge in [0.25, 0.3) is 17.5 Å². The number of anilines is 1.